The predicted octanol–water partition coefficient (Wildman–Crippen LogP) is 2.37. The third-order valence-corrected chi connectivity index (χ3v) is 3.64. The number of aromatic nitrogens is 2. The molecule has 0 aliphatic carbocycles. The highest BCUT2D eigenvalue weighted by Crippen LogP contribution is 2.33. The van der Waals surface area contributed by atoms with Gasteiger partial charge in [0.25, 0.3) is 11.1 Å². The quantitative estimate of drug-likeness (QED) is 0.776. The molecule has 23 heavy (non-hydrogen) atoms. The van der Waals surface area contributed by atoms with Gasteiger partial charge in [-0.3, -0.25) is 4.79 Å². The molecule has 7 nitrogen and oxygen atoms in total. The van der Waals surface area contributed by atoms with E-state index in [0.29, 0.717) is 28.2 Å². The molecule has 0 saturated carbocycles. The van der Waals surface area contributed by atoms with Gasteiger partial charge < -0.3 is 19.2 Å². The summed E-state index contributed by atoms with van der Waals surface area (Å²) >= 11 is 1.19. The Labute approximate surface area is 138 Å². The summed E-state index contributed by atoms with van der Waals surface area (Å²) in [6.45, 7) is 3.81. The summed E-state index contributed by atoms with van der Waals surface area (Å²) in [7, 11) is 3.14. The first-order chi connectivity index (χ1) is 11.0. The predicted molar refractivity (Wildman–Crippen MR) is 86.8 cm³/mol. The van der Waals surface area contributed by atoms with Crippen LogP contribution in [0, 0.1) is 0 Å². The molecule has 0 spiro atoms. The largest absolute Gasteiger partial charge is 0.497 e. The van der Waals surface area contributed by atoms with Crippen LogP contribution in [-0.2, 0) is 4.79 Å². The molecule has 0 atom stereocenters. The minimum atomic E-state index is -0.0771. The maximum absolute atomic E-state index is 11.6. The van der Waals surface area contributed by atoms with Crippen molar-refractivity contribution in [3.8, 4) is 23.0 Å². The highest BCUT2D eigenvalue weighted by Gasteiger charge is 2.15. The number of nitrogens with one attached hydrogen (secondary N) is 1. The molecule has 0 fully saturated rings. The van der Waals surface area contributed by atoms with Gasteiger partial charge in [0.15, 0.2) is 0 Å². The summed E-state index contributed by atoms with van der Waals surface area (Å²) in [5.74, 6) is 1.72. The van der Waals surface area contributed by atoms with E-state index in [4.69, 9.17) is 13.9 Å². The van der Waals surface area contributed by atoms with E-state index in [1.54, 1.807) is 32.4 Å². The van der Waals surface area contributed by atoms with Crippen LogP contribution in [-0.4, -0.2) is 42.1 Å². The first kappa shape index (κ1) is 17.1. The molecule has 2 aromatic rings. The lowest BCUT2D eigenvalue weighted by atomic mass is 10.2. The lowest BCUT2D eigenvalue weighted by Gasteiger charge is -2.07. The number of rotatable bonds is 7. The molecule has 1 aromatic carbocycles. The van der Waals surface area contributed by atoms with E-state index in [2.05, 4.69) is 15.5 Å². The van der Waals surface area contributed by atoms with Crippen LogP contribution in [0.25, 0.3) is 11.5 Å². The summed E-state index contributed by atoms with van der Waals surface area (Å²) in [6, 6.07) is 5.41. The highest BCUT2D eigenvalue weighted by molar-refractivity contribution is 7.99. The van der Waals surface area contributed by atoms with Crippen molar-refractivity contribution in [3.05, 3.63) is 18.2 Å². The maximum atomic E-state index is 11.6. The van der Waals surface area contributed by atoms with Gasteiger partial charge in [0.1, 0.15) is 11.5 Å². The van der Waals surface area contributed by atoms with Crippen LogP contribution in [0.15, 0.2) is 27.8 Å². The van der Waals surface area contributed by atoms with Gasteiger partial charge in [0.05, 0.1) is 25.5 Å². The molecule has 2 rings (SSSR count). The average molecular weight is 337 g/mol. The van der Waals surface area contributed by atoms with Crippen molar-refractivity contribution in [3.63, 3.8) is 0 Å². The van der Waals surface area contributed by atoms with E-state index in [-0.39, 0.29) is 17.7 Å². The zero-order valence-electron chi connectivity index (χ0n) is 13.5. The lowest BCUT2D eigenvalue weighted by Crippen LogP contribution is -2.31. The van der Waals surface area contributed by atoms with E-state index in [1.807, 2.05) is 13.8 Å². The van der Waals surface area contributed by atoms with Crippen molar-refractivity contribution in [2.24, 2.45) is 0 Å². The van der Waals surface area contributed by atoms with Crippen LogP contribution in [0.3, 0.4) is 0 Å². The minimum absolute atomic E-state index is 0.0771. The Morgan fingerprint density at radius 3 is 2.74 bits per heavy atom. The van der Waals surface area contributed by atoms with E-state index in [0.717, 1.165) is 0 Å². The van der Waals surface area contributed by atoms with Crippen LogP contribution < -0.4 is 14.8 Å². The van der Waals surface area contributed by atoms with E-state index >= 15 is 0 Å². The summed E-state index contributed by atoms with van der Waals surface area (Å²) in [6.07, 6.45) is 0. The second-order valence-corrected chi connectivity index (χ2v) is 5.88. The molecule has 1 aromatic heterocycles. The van der Waals surface area contributed by atoms with Crippen molar-refractivity contribution >= 4 is 17.7 Å². The van der Waals surface area contributed by atoms with Crippen LogP contribution in [0.2, 0.25) is 0 Å². The minimum Gasteiger partial charge on any atom is -0.497 e. The van der Waals surface area contributed by atoms with Crippen molar-refractivity contribution in [1.29, 1.82) is 0 Å². The van der Waals surface area contributed by atoms with Gasteiger partial charge in [-0.1, -0.05) is 11.8 Å². The Balaban J connectivity index is 2.08. The molecule has 0 aliphatic heterocycles. The molecule has 124 valence electrons. The number of methoxy groups -OCH3 is 2. The number of nitrogens with zero attached hydrogens (tertiary/aromatic N) is 2. The monoisotopic (exact) mass is 337 g/mol. The van der Waals surface area contributed by atoms with Crippen molar-refractivity contribution in [2.75, 3.05) is 20.0 Å². The Morgan fingerprint density at radius 2 is 2.09 bits per heavy atom. The molecular formula is C15H19N3O4S. The van der Waals surface area contributed by atoms with Gasteiger partial charge in [-0.05, 0) is 26.0 Å². The number of carbonyl (C=O) groups is 1. The highest BCUT2D eigenvalue weighted by atomic mass is 32.2. The molecule has 1 N–H and O–H groups in total. The van der Waals surface area contributed by atoms with E-state index < -0.39 is 0 Å². The molecule has 0 unspecified atom stereocenters. The second kappa shape index (κ2) is 7.87. The Hall–Kier alpha value is -2.22. The number of hydrogen-bond acceptors (Lipinski definition) is 7. The third kappa shape index (κ3) is 4.62. The number of ether oxygens (including phenoxy) is 2. The van der Waals surface area contributed by atoms with Gasteiger partial charge in [0.2, 0.25) is 5.91 Å². The molecule has 0 bridgehead atoms. The number of benzene rings is 1. The number of thioether (sulfide) groups is 1. The first-order valence-electron chi connectivity index (χ1n) is 7.01. The fourth-order valence-electron chi connectivity index (χ4n) is 1.84. The fourth-order valence-corrected chi connectivity index (χ4v) is 2.42. The lowest BCUT2D eigenvalue weighted by molar-refractivity contribution is -0.119. The number of amides is 1. The SMILES string of the molecule is COc1ccc(-c2nnc(SCC(=O)NC(C)C)o2)c(OC)c1. The zero-order valence-corrected chi connectivity index (χ0v) is 14.3. The summed E-state index contributed by atoms with van der Waals surface area (Å²) in [4.78, 5) is 11.6. The van der Waals surface area contributed by atoms with Crippen LogP contribution in [0.4, 0.5) is 0 Å². The molecule has 0 saturated heterocycles. The van der Waals surface area contributed by atoms with Gasteiger partial charge >= 0.3 is 0 Å². The normalized spacial score (nSPS) is 10.7. The van der Waals surface area contributed by atoms with E-state index in [1.165, 1.54) is 11.8 Å². The fraction of sp³-hybridized carbons (Fsp3) is 0.400. The van der Waals surface area contributed by atoms with Crippen LogP contribution in [0.5, 0.6) is 11.5 Å². The first-order valence-corrected chi connectivity index (χ1v) is 8.00. The Kier molecular flexibility index (Phi) is 5.86. The summed E-state index contributed by atoms with van der Waals surface area (Å²) in [5, 5.41) is 11.1. The van der Waals surface area contributed by atoms with Gasteiger partial charge in [-0.2, -0.15) is 0 Å². The molecular weight excluding hydrogens is 318 g/mol. The number of carbonyl (C=O) groups excluding carboxylic acids is 1. The van der Waals surface area contributed by atoms with Gasteiger partial charge in [-0.25, -0.2) is 0 Å². The molecule has 1 amide bonds. The topological polar surface area (TPSA) is 86.5 Å². The molecule has 1 heterocycles. The molecule has 0 aliphatic rings. The number of hydrogen-bond donors (Lipinski definition) is 1. The maximum Gasteiger partial charge on any atom is 0.277 e. The molecule has 0 radical (unpaired) electrons. The second-order valence-electron chi connectivity index (χ2n) is 4.95. The van der Waals surface area contributed by atoms with Crippen molar-refractivity contribution < 1.29 is 18.7 Å². The third-order valence-electron chi connectivity index (χ3n) is 2.82. The standard InChI is InChI=1S/C15H19N3O4S/c1-9(2)16-13(19)8-23-15-18-17-14(22-15)11-6-5-10(20-3)7-12(11)21-4/h5-7,9H,8H2,1-4H3,(H,16,19). The summed E-state index contributed by atoms with van der Waals surface area (Å²) in [5.41, 5.74) is 0.666. The van der Waals surface area contributed by atoms with Gasteiger partial charge in [-0.15, -0.1) is 10.2 Å². The Morgan fingerprint density at radius 1 is 1.30 bits per heavy atom. The van der Waals surface area contributed by atoms with E-state index in [9.17, 15) is 4.79 Å². The van der Waals surface area contributed by atoms with Gasteiger partial charge in [0, 0.05) is 12.1 Å². The summed E-state index contributed by atoms with van der Waals surface area (Å²) < 4.78 is 16.0. The van der Waals surface area contributed by atoms with Crippen molar-refractivity contribution in [1.82, 2.24) is 15.5 Å². The smallest absolute Gasteiger partial charge is 0.277 e. The van der Waals surface area contributed by atoms with Crippen molar-refractivity contribution in [2.45, 2.75) is 25.1 Å². The Bertz CT molecular complexity index is 672. The van der Waals surface area contributed by atoms with Crippen LogP contribution in [0.1, 0.15) is 13.8 Å². The van der Waals surface area contributed by atoms with Crippen LogP contribution >= 0.6 is 11.8 Å². The molecule has 8 heteroatoms. The average Bonchev–Trinajstić information content (AvgIpc) is 3.00. The zero-order chi connectivity index (χ0) is 16.8.